The lowest BCUT2D eigenvalue weighted by molar-refractivity contribution is -0.119. The van der Waals surface area contributed by atoms with Gasteiger partial charge in [-0.25, -0.2) is 4.98 Å². The zero-order chi connectivity index (χ0) is 21.1. The number of nitrogens with one attached hydrogen (secondary N) is 1. The molecule has 0 unspecified atom stereocenters. The smallest absolute Gasteiger partial charge is 0.262 e. The maximum Gasteiger partial charge on any atom is 0.262 e. The van der Waals surface area contributed by atoms with Gasteiger partial charge >= 0.3 is 0 Å². The summed E-state index contributed by atoms with van der Waals surface area (Å²) in [6.45, 7) is 4.37. The van der Waals surface area contributed by atoms with Crippen molar-refractivity contribution >= 4 is 39.3 Å². The molecule has 0 saturated carbocycles. The van der Waals surface area contributed by atoms with E-state index in [4.69, 9.17) is 4.98 Å². The van der Waals surface area contributed by atoms with Crippen molar-refractivity contribution in [1.82, 2.24) is 14.9 Å². The molecule has 3 aromatic carbocycles. The lowest BCUT2D eigenvalue weighted by Crippen LogP contribution is -2.29. The van der Waals surface area contributed by atoms with Crippen LogP contribution in [0.25, 0.3) is 21.7 Å². The fourth-order valence-electron chi connectivity index (χ4n) is 3.52. The number of carbonyl (C=O) groups excluding carboxylic acids is 1. The molecular weight excluding hydrogens is 394 g/mol. The number of fused-ring (bicyclic) bond motifs is 2. The van der Waals surface area contributed by atoms with Gasteiger partial charge in [0.2, 0.25) is 5.91 Å². The van der Waals surface area contributed by atoms with Crippen molar-refractivity contribution < 1.29 is 4.79 Å². The number of benzene rings is 3. The second-order valence-corrected chi connectivity index (χ2v) is 8.09. The minimum atomic E-state index is -0.0909. The summed E-state index contributed by atoms with van der Waals surface area (Å²) in [4.78, 5) is 30.2. The van der Waals surface area contributed by atoms with E-state index in [2.05, 4.69) is 5.32 Å². The zero-order valence-corrected chi connectivity index (χ0v) is 17.8. The Balaban J connectivity index is 1.58. The molecule has 0 fully saturated rings. The van der Waals surface area contributed by atoms with Gasteiger partial charge in [-0.05, 0) is 42.3 Å². The van der Waals surface area contributed by atoms with Crippen molar-refractivity contribution in [3.05, 3.63) is 82.6 Å². The molecule has 1 atom stereocenters. The predicted octanol–water partition coefficient (Wildman–Crippen LogP) is 4.54. The Morgan fingerprint density at radius 1 is 1.07 bits per heavy atom. The summed E-state index contributed by atoms with van der Waals surface area (Å²) in [5.41, 5.74) is 1.63. The van der Waals surface area contributed by atoms with Crippen molar-refractivity contribution in [3.63, 3.8) is 0 Å². The van der Waals surface area contributed by atoms with Crippen molar-refractivity contribution in [1.29, 1.82) is 0 Å². The van der Waals surface area contributed by atoms with Crippen LogP contribution in [0.1, 0.15) is 25.5 Å². The highest BCUT2D eigenvalue weighted by Crippen LogP contribution is 2.23. The first kappa shape index (κ1) is 20.2. The second kappa shape index (κ2) is 8.71. The summed E-state index contributed by atoms with van der Waals surface area (Å²) < 4.78 is 1.63. The van der Waals surface area contributed by atoms with Gasteiger partial charge in [0.05, 0.1) is 22.7 Å². The van der Waals surface area contributed by atoms with Crippen LogP contribution in [0, 0.1) is 0 Å². The summed E-state index contributed by atoms with van der Waals surface area (Å²) in [6, 6.07) is 21.5. The van der Waals surface area contributed by atoms with Crippen LogP contribution in [-0.4, -0.2) is 21.2 Å². The highest BCUT2D eigenvalue weighted by molar-refractivity contribution is 7.99. The molecule has 0 aliphatic heterocycles. The summed E-state index contributed by atoms with van der Waals surface area (Å²) in [5.74, 6) is 0.106. The quantitative estimate of drug-likeness (QED) is 0.284. The first-order valence-corrected chi connectivity index (χ1v) is 11.0. The zero-order valence-electron chi connectivity index (χ0n) is 17.0. The molecule has 0 spiro atoms. The van der Waals surface area contributed by atoms with Crippen LogP contribution in [0.5, 0.6) is 0 Å². The number of rotatable bonds is 6. The fourth-order valence-corrected chi connectivity index (χ4v) is 4.39. The molecule has 4 rings (SSSR count). The highest BCUT2D eigenvalue weighted by Gasteiger charge is 2.14. The first-order chi connectivity index (χ1) is 14.6. The van der Waals surface area contributed by atoms with Gasteiger partial charge in [-0.1, -0.05) is 66.4 Å². The van der Waals surface area contributed by atoms with E-state index in [9.17, 15) is 9.59 Å². The van der Waals surface area contributed by atoms with E-state index < -0.39 is 0 Å². The molecule has 4 aromatic rings. The number of thioether (sulfide) groups is 1. The number of hydrogen-bond acceptors (Lipinski definition) is 4. The number of aromatic nitrogens is 2. The molecule has 1 heterocycles. The summed E-state index contributed by atoms with van der Waals surface area (Å²) in [6.07, 6.45) is 0. The lowest BCUT2D eigenvalue weighted by Gasteiger charge is -2.15. The minimum Gasteiger partial charge on any atom is -0.349 e. The molecule has 30 heavy (non-hydrogen) atoms. The van der Waals surface area contributed by atoms with Crippen molar-refractivity contribution in [2.75, 3.05) is 5.75 Å². The number of carbonyl (C=O) groups is 1. The van der Waals surface area contributed by atoms with Gasteiger partial charge in [-0.2, -0.15) is 0 Å². The molecule has 6 heteroatoms. The molecule has 152 valence electrons. The predicted molar refractivity (Wildman–Crippen MR) is 123 cm³/mol. The van der Waals surface area contributed by atoms with Crippen molar-refractivity contribution in [3.8, 4) is 0 Å². The molecule has 0 bridgehead atoms. The Hall–Kier alpha value is -3.12. The van der Waals surface area contributed by atoms with Crippen molar-refractivity contribution in [2.24, 2.45) is 0 Å². The van der Waals surface area contributed by atoms with E-state index in [1.165, 1.54) is 11.8 Å². The van der Waals surface area contributed by atoms with E-state index in [1.807, 2.05) is 80.6 Å². The molecule has 0 aliphatic carbocycles. The molecule has 5 nitrogen and oxygen atoms in total. The standard InChI is InChI=1S/C24H23N3O2S/c1-3-27-23(29)20-13-18-11-7-8-12-19(18)14-21(20)26-24(27)30-15-22(28)25-16(2)17-9-5-4-6-10-17/h4-14,16H,3,15H2,1-2H3,(H,25,28)/t16-/m1/s1. The van der Waals surface area contributed by atoms with Gasteiger partial charge in [-0.15, -0.1) is 0 Å². The third-order valence-corrected chi connectivity index (χ3v) is 6.09. The van der Waals surface area contributed by atoms with Gasteiger partial charge in [0.1, 0.15) is 0 Å². The third kappa shape index (κ3) is 4.09. The monoisotopic (exact) mass is 417 g/mol. The number of nitrogens with zero attached hydrogens (tertiary/aromatic N) is 2. The van der Waals surface area contributed by atoms with E-state index in [0.717, 1.165) is 16.3 Å². The SMILES string of the molecule is CCn1c(SCC(=O)N[C@H](C)c2ccccc2)nc2cc3ccccc3cc2c1=O. The van der Waals surface area contributed by atoms with Crippen molar-refractivity contribution in [2.45, 2.75) is 31.6 Å². The maximum absolute atomic E-state index is 13.0. The van der Waals surface area contributed by atoms with E-state index >= 15 is 0 Å². The Kier molecular flexibility index (Phi) is 5.86. The van der Waals surface area contributed by atoms with Crippen LogP contribution in [0.3, 0.4) is 0 Å². The van der Waals surface area contributed by atoms with Gasteiger partial charge < -0.3 is 5.32 Å². The third-order valence-electron chi connectivity index (χ3n) is 5.11. The second-order valence-electron chi connectivity index (χ2n) is 7.15. The van der Waals surface area contributed by atoms with Crippen LogP contribution in [0.15, 0.2) is 76.7 Å². The first-order valence-electron chi connectivity index (χ1n) is 9.97. The Labute approximate surface area is 179 Å². The molecular formula is C24H23N3O2S. The highest BCUT2D eigenvalue weighted by atomic mass is 32.2. The lowest BCUT2D eigenvalue weighted by atomic mass is 10.1. The van der Waals surface area contributed by atoms with Crippen LogP contribution in [-0.2, 0) is 11.3 Å². The Morgan fingerprint density at radius 3 is 2.43 bits per heavy atom. The normalized spacial score (nSPS) is 12.2. The molecule has 1 amide bonds. The molecule has 0 radical (unpaired) electrons. The average molecular weight is 418 g/mol. The van der Waals surface area contributed by atoms with Gasteiger partial charge in [0, 0.05) is 6.54 Å². The summed E-state index contributed by atoms with van der Waals surface area (Å²) >= 11 is 1.29. The molecule has 0 saturated heterocycles. The summed E-state index contributed by atoms with van der Waals surface area (Å²) in [7, 11) is 0. The molecule has 1 aromatic heterocycles. The van der Waals surface area contributed by atoms with E-state index in [-0.39, 0.29) is 23.3 Å². The topological polar surface area (TPSA) is 64.0 Å². The van der Waals surface area contributed by atoms with E-state index in [0.29, 0.717) is 22.6 Å². The van der Waals surface area contributed by atoms with Crippen LogP contribution in [0.4, 0.5) is 0 Å². The fraction of sp³-hybridized carbons (Fsp3) is 0.208. The Morgan fingerprint density at radius 2 is 1.73 bits per heavy atom. The van der Waals surface area contributed by atoms with Crippen LogP contribution in [0.2, 0.25) is 0 Å². The van der Waals surface area contributed by atoms with E-state index in [1.54, 1.807) is 4.57 Å². The maximum atomic E-state index is 13.0. The van der Waals surface area contributed by atoms with Crippen LogP contribution >= 0.6 is 11.8 Å². The summed E-state index contributed by atoms with van der Waals surface area (Å²) in [5, 5.41) is 6.22. The molecule has 0 aliphatic rings. The van der Waals surface area contributed by atoms with Gasteiger partial charge in [0.25, 0.3) is 5.56 Å². The van der Waals surface area contributed by atoms with Crippen LogP contribution < -0.4 is 10.9 Å². The van der Waals surface area contributed by atoms with Gasteiger partial charge in [-0.3, -0.25) is 14.2 Å². The number of hydrogen-bond donors (Lipinski definition) is 1. The van der Waals surface area contributed by atoms with Gasteiger partial charge in [0.15, 0.2) is 5.16 Å². The Bertz CT molecular complexity index is 1270. The molecule has 1 N–H and O–H groups in total. The number of amides is 1. The largest absolute Gasteiger partial charge is 0.349 e. The average Bonchev–Trinajstić information content (AvgIpc) is 2.77. The minimum absolute atomic E-state index is 0.0752.